The Bertz CT molecular complexity index is 1020. The van der Waals surface area contributed by atoms with Crippen LogP contribution in [0.5, 0.6) is 0 Å². The maximum absolute atomic E-state index is 14.3. The quantitative estimate of drug-likeness (QED) is 0.374. The first-order chi connectivity index (χ1) is 15.4. The number of benzene rings is 2. The highest BCUT2D eigenvalue weighted by atomic mass is 35.5. The summed E-state index contributed by atoms with van der Waals surface area (Å²) in [6.07, 6.45) is 1.56. The maximum Gasteiger partial charge on any atom is 0.347 e. The predicted molar refractivity (Wildman–Crippen MR) is 120 cm³/mol. The van der Waals surface area contributed by atoms with Gasteiger partial charge in [0.05, 0.1) is 37.3 Å². The summed E-state index contributed by atoms with van der Waals surface area (Å²) in [6, 6.07) is 7.06. The van der Waals surface area contributed by atoms with E-state index in [0.29, 0.717) is 17.3 Å². The standard InChI is InChI=1S/C24H26Cl2F2NO4/c1-29(2,3)20-12-15(6-9-21-22(20)33-21)32-23(30)24(31,13-4-7-16(25)18(27)10-13)14-5-8-17(26)19(28)11-14/h4-5,7-8,10-11,15,20-22,31H,6,9,12H2,1-3H3/q+1/t15-,20?,21-,22?/m1/s1. The molecule has 1 N–H and O–H groups in total. The summed E-state index contributed by atoms with van der Waals surface area (Å²) in [4.78, 5) is 13.5. The van der Waals surface area contributed by atoms with Crippen molar-refractivity contribution in [2.45, 2.75) is 49.2 Å². The first-order valence-electron chi connectivity index (χ1n) is 10.7. The first-order valence-corrected chi connectivity index (χ1v) is 11.5. The highest BCUT2D eigenvalue weighted by molar-refractivity contribution is 6.31. The lowest BCUT2D eigenvalue weighted by Gasteiger charge is -2.35. The van der Waals surface area contributed by atoms with Crippen LogP contribution in [-0.2, 0) is 19.9 Å². The Morgan fingerprint density at radius 2 is 1.61 bits per heavy atom. The van der Waals surface area contributed by atoms with Crippen LogP contribution >= 0.6 is 23.2 Å². The number of aliphatic hydroxyl groups is 1. The number of epoxide rings is 1. The summed E-state index contributed by atoms with van der Waals surface area (Å²) in [5.74, 6) is -2.68. The molecule has 2 unspecified atom stereocenters. The Hall–Kier alpha value is -1.77. The molecule has 2 aromatic carbocycles. The minimum atomic E-state index is -2.46. The van der Waals surface area contributed by atoms with Crippen LogP contribution in [0.25, 0.3) is 0 Å². The Labute approximate surface area is 201 Å². The van der Waals surface area contributed by atoms with E-state index in [1.165, 1.54) is 24.3 Å². The highest BCUT2D eigenvalue weighted by Gasteiger charge is 2.54. The van der Waals surface area contributed by atoms with E-state index in [-0.39, 0.29) is 39.4 Å². The summed E-state index contributed by atoms with van der Waals surface area (Å²) in [5.41, 5.74) is -2.72. The number of halogens is 4. The molecule has 5 nitrogen and oxygen atoms in total. The molecule has 0 bridgehead atoms. The molecule has 0 amide bonds. The van der Waals surface area contributed by atoms with Crippen LogP contribution in [0.4, 0.5) is 8.78 Å². The molecule has 2 fully saturated rings. The van der Waals surface area contributed by atoms with Crippen LogP contribution in [-0.4, -0.2) is 61.1 Å². The zero-order valence-corrected chi connectivity index (χ0v) is 20.0. The minimum Gasteiger partial charge on any atom is -0.459 e. The third-order valence-corrected chi connectivity index (χ3v) is 7.13. The van der Waals surface area contributed by atoms with Crippen LogP contribution in [0.1, 0.15) is 30.4 Å². The molecule has 0 spiro atoms. The molecular weight excluding hydrogens is 475 g/mol. The Morgan fingerprint density at radius 1 is 1.06 bits per heavy atom. The van der Waals surface area contributed by atoms with Crippen molar-refractivity contribution in [1.82, 2.24) is 0 Å². The van der Waals surface area contributed by atoms with E-state index in [0.717, 1.165) is 18.6 Å². The number of nitrogens with zero attached hydrogens (tertiary/aromatic N) is 1. The molecule has 9 heteroatoms. The third kappa shape index (κ3) is 4.75. The number of carbonyl (C=O) groups excluding carboxylic acids is 1. The number of quaternary nitrogens is 1. The van der Waals surface area contributed by atoms with Crippen LogP contribution in [0.2, 0.25) is 10.0 Å². The van der Waals surface area contributed by atoms with E-state index in [9.17, 15) is 18.7 Å². The van der Waals surface area contributed by atoms with E-state index in [1.54, 1.807) is 0 Å². The number of hydrogen-bond acceptors (Lipinski definition) is 4. The highest BCUT2D eigenvalue weighted by Crippen LogP contribution is 2.41. The second-order valence-corrected chi connectivity index (χ2v) is 10.4. The van der Waals surface area contributed by atoms with Crippen molar-refractivity contribution in [3.05, 3.63) is 69.2 Å². The van der Waals surface area contributed by atoms with Gasteiger partial charge in [-0.25, -0.2) is 13.6 Å². The number of ether oxygens (including phenoxy) is 2. The normalized spacial score (nSPS) is 25.2. The van der Waals surface area contributed by atoms with Crippen molar-refractivity contribution in [1.29, 1.82) is 0 Å². The van der Waals surface area contributed by atoms with Gasteiger partial charge in [-0.2, -0.15) is 0 Å². The number of rotatable bonds is 5. The van der Waals surface area contributed by atoms with Gasteiger partial charge in [0.2, 0.25) is 5.60 Å². The van der Waals surface area contributed by atoms with Gasteiger partial charge in [-0.1, -0.05) is 35.3 Å². The number of fused-ring (bicyclic) bond motifs is 1. The van der Waals surface area contributed by atoms with Crippen molar-refractivity contribution in [3.63, 3.8) is 0 Å². The molecule has 1 saturated heterocycles. The van der Waals surface area contributed by atoms with Crippen LogP contribution in [0.3, 0.4) is 0 Å². The predicted octanol–water partition coefficient (Wildman–Crippen LogP) is 4.45. The fourth-order valence-electron chi connectivity index (χ4n) is 4.54. The van der Waals surface area contributed by atoms with Gasteiger partial charge >= 0.3 is 5.97 Å². The molecule has 1 saturated carbocycles. The molecular formula is C24H26Cl2F2NO4+. The fourth-order valence-corrected chi connectivity index (χ4v) is 4.78. The second-order valence-electron chi connectivity index (χ2n) is 9.63. The molecule has 178 valence electrons. The second kappa shape index (κ2) is 8.78. The summed E-state index contributed by atoms with van der Waals surface area (Å²) < 4.78 is 40.8. The van der Waals surface area contributed by atoms with Crippen LogP contribution < -0.4 is 0 Å². The third-order valence-electron chi connectivity index (χ3n) is 6.52. The van der Waals surface area contributed by atoms with E-state index in [1.807, 2.05) is 0 Å². The lowest BCUT2D eigenvalue weighted by molar-refractivity contribution is -0.897. The molecule has 4 atom stereocenters. The molecule has 2 aliphatic rings. The van der Waals surface area contributed by atoms with Crippen molar-refractivity contribution in [2.24, 2.45) is 0 Å². The van der Waals surface area contributed by atoms with Gasteiger partial charge < -0.3 is 19.1 Å². The van der Waals surface area contributed by atoms with Gasteiger partial charge in [-0.15, -0.1) is 0 Å². The molecule has 33 heavy (non-hydrogen) atoms. The lowest BCUT2D eigenvalue weighted by Crippen LogP contribution is -2.50. The van der Waals surface area contributed by atoms with Crippen LogP contribution in [0.15, 0.2) is 36.4 Å². The van der Waals surface area contributed by atoms with Gasteiger partial charge in [-0.3, -0.25) is 0 Å². The largest absolute Gasteiger partial charge is 0.459 e. The van der Waals surface area contributed by atoms with E-state index in [4.69, 9.17) is 32.7 Å². The number of likely N-dealkylation sites (N-methyl/N-ethyl adjacent to an activating group) is 1. The summed E-state index contributed by atoms with van der Waals surface area (Å²) in [5, 5.41) is 11.3. The SMILES string of the molecule is C[N+](C)(C)C1C[C@H](OC(=O)C(O)(c2ccc(Cl)c(F)c2)c2ccc(Cl)c(F)c2)CC[C@H]2OC12. The number of esters is 1. The van der Waals surface area contributed by atoms with E-state index in [2.05, 4.69) is 21.1 Å². The average molecular weight is 501 g/mol. The topological polar surface area (TPSA) is 59.1 Å². The molecule has 2 aromatic rings. The summed E-state index contributed by atoms with van der Waals surface area (Å²) in [7, 11) is 6.16. The van der Waals surface area contributed by atoms with E-state index < -0.39 is 29.3 Å². The Morgan fingerprint density at radius 3 is 2.09 bits per heavy atom. The molecule has 1 heterocycles. The Kier molecular flexibility index (Phi) is 6.48. The van der Waals surface area contributed by atoms with Gasteiger partial charge in [0.25, 0.3) is 0 Å². The first kappa shape index (κ1) is 24.4. The lowest BCUT2D eigenvalue weighted by atomic mass is 9.86. The zero-order chi connectivity index (χ0) is 24.1. The Balaban J connectivity index is 1.69. The fraction of sp³-hybridized carbons (Fsp3) is 0.458. The smallest absolute Gasteiger partial charge is 0.347 e. The zero-order valence-electron chi connectivity index (χ0n) is 18.5. The van der Waals surface area contributed by atoms with Crippen molar-refractivity contribution < 1.29 is 32.6 Å². The molecule has 0 aromatic heterocycles. The monoisotopic (exact) mass is 500 g/mol. The summed E-state index contributed by atoms with van der Waals surface area (Å²) in [6.45, 7) is 0. The average Bonchev–Trinajstić information content (AvgIpc) is 3.52. The van der Waals surface area contributed by atoms with E-state index >= 15 is 0 Å². The van der Waals surface area contributed by atoms with Crippen LogP contribution in [0, 0.1) is 11.6 Å². The molecule has 0 radical (unpaired) electrons. The number of hydrogen-bond donors (Lipinski definition) is 1. The van der Waals surface area contributed by atoms with Gasteiger partial charge in [0.15, 0.2) is 0 Å². The van der Waals surface area contributed by atoms with Crippen molar-refractivity contribution >= 4 is 29.2 Å². The van der Waals surface area contributed by atoms with Gasteiger partial charge in [0.1, 0.15) is 29.9 Å². The van der Waals surface area contributed by atoms with Crippen molar-refractivity contribution in [3.8, 4) is 0 Å². The molecule has 1 aliphatic carbocycles. The maximum atomic E-state index is 14.3. The number of carbonyl (C=O) groups is 1. The molecule has 4 rings (SSSR count). The van der Waals surface area contributed by atoms with Gasteiger partial charge in [-0.05, 0) is 37.1 Å². The van der Waals surface area contributed by atoms with Crippen molar-refractivity contribution in [2.75, 3.05) is 21.1 Å². The van der Waals surface area contributed by atoms with Gasteiger partial charge in [0, 0.05) is 17.5 Å². The minimum absolute atomic E-state index is 0.100. The summed E-state index contributed by atoms with van der Waals surface area (Å²) >= 11 is 11.6. The molecule has 1 aliphatic heterocycles.